The molecule has 0 spiro atoms. The van der Waals surface area contributed by atoms with Gasteiger partial charge in [0.15, 0.2) is 0 Å². The quantitative estimate of drug-likeness (QED) is 0.877. The number of nitrogens with zero attached hydrogens (tertiary/aromatic N) is 1. The number of hydrogen-bond acceptors (Lipinski definition) is 5. The van der Waals surface area contributed by atoms with E-state index in [1.54, 1.807) is 0 Å². The first-order chi connectivity index (χ1) is 9.51. The molecule has 1 aromatic carbocycles. The number of thiazole rings is 1. The summed E-state index contributed by atoms with van der Waals surface area (Å²) in [5.74, 6) is -2.65. The van der Waals surface area contributed by atoms with Crippen molar-refractivity contribution in [2.45, 2.75) is 6.54 Å². The van der Waals surface area contributed by atoms with Crippen LogP contribution >= 0.6 is 22.9 Å². The summed E-state index contributed by atoms with van der Waals surface area (Å²) in [5.41, 5.74) is -0.355. The summed E-state index contributed by atoms with van der Waals surface area (Å²) >= 11 is 6.96. The molecule has 1 aromatic heterocycles. The highest BCUT2D eigenvalue weighted by atomic mass is 35.5. The highest BCUT2D eigenvalue weighted by Crippen LogP contribution is 2.23. The minimum absolute atomic E-state index is 0.0156. The molecule has 8 heteroatoms. The summed E-state index contributed by atoms with van der Waals surface area (Å²) < 4.78 is 32.0. The van der Waals surface area contributed by atoms with E-state index in [0.29, 0.717) is 15.4 Å². The number of halogens is 3. The number of ether oxygens (including phenoxy) is 1. The molecule has 1 N–H and O–H groups in total. The molecule has 1 heterocycles. The molecule has 0 fully saturated rings. The minimum atomic E-state index is -0.975. The number of carbonyl (C=O) groups excluding carboxylic acids is 1. The van der Waals surface area contributed by atoms with Crippen molar-refractivity contribution in [2.75, 3.05) is 12.4 Å². The lowest BCUT2D eigenvalue weighted by Crippen LogP contribution is -2.08. The van der Waals surface area contributed by atoms with Gasteiger partial charge in [0.25, 0.3) is 0 Å². The lowest BCUT2D eigenvalue weighted by atomic mass is 10.2. The van der Waals surface area contributed by atoms with Gasteiger partial charge < -0.3 is 10.1 Å². The van der Waals surface area contributed by atoms with Crippen LogP contribution in [0.1, 0.15) is 15.4 Å². The summed E-state index contributed by atoms with van der Waals surface area (Å²) in [6.07, 6.45) is 1.48. The van der Waals surface area contributed by atoms with Crippen molar-refractivity contribution >= 4 is 34.6 Å². The number of esters is 1. The van der Waals surface area contributed by atoms with Gasteiger partial charge in [-0.2, -0.15) is 0 Å². The van der Waals surface area contributed by atoms with E-state index < -0.39 is 17.6 Å². The van der Waals surface area contributed by atoms with Crippen molar-refractivity contribution in [1.29, 1.82) is 0 Å². The highest BCUT2D eigenvalue weighted by molar-refractivity contribution is 7.15. The van der Waals surface area contributed by atoms with E-state index in [0.717, 1.165) is 13.2 Å². The average molecular weight is 319 g/mol. The van der Waals surface area contributed by atoms with Crippen LogP contribution in [0.25, 0.3) is 0 Å². The molecule has 0 aliphatic heterocycles. The van der Waals surface area contributed by atoms with E-state index in [1.807, 2.05) is 0 Å². The number of rotatable bonds is 4. The predicted molar refractivity (Wildman–Crippen MR) is 72.1 cm³/mol. The monoisotopic (exact) mass is 318 g/mol. The van der Waals surface area contributed by atoms with E-state index in [2.05, 4.69) is 15.0 Å². The summed E-state index contributed by atoms with van der Waals surface area (Å²) in [7, 11) is 1.12. The van der Waals surface area contributed by atoms with Crippen molar-refractivity contribution in [1.82, 2.24) is 4.98 Å². The number of hydrogen-bond donors (Lipinski definition) is 1. The Morgan fingerprint density at radius 3 is 2.80 bits per heavy atom. The van der Waals surface area contributed by atoms with Crippen LogP contribution in [0.2, 0.25) is 4.34 Å². The second-order valence-corrected chi connectivity index (χ2v) is 5.46. The number of anilines is 1. The van der Waals surface area contributed by atoms with Gasteiger partial charge in [-0.1, -0.05) is 11.6 Å². The number of aromatic nitrogens is 1. The van der Waals surface area contributed by atoms with Crippen LogP contribution < -0.4 is 5.32 Å². The molecule has 0 bridgehead atoms. The Balaban J connectivity index is 2.20. The van der Waals surface area contributed by atoms with Gasteiger partial charge in [-0.15, -0.1) is 11.3 Å². The topological polar surface area (TPSA) is 51.2 Å². The van der Waals surface area contributed by atoms with Crippen LogP contribution in [0.4, 0.5) is 14.5 Å². The lowest BCUT2D eigenvalue weighted by molar-refractivity contribution is 0.0595. The molecule has 0 radical (unpaired) electrons. The molecular weight excluding hydrogens is 310 g/mol. The SMILES string of the molecule is COC(=O)c1cc(NCc2ncc(Cl)s2)c(F)cc1F. The molecule has 0 aliphatic rings. The molecule has 0 saturated heterocycles. The maximum absolute atomic E-state index is 13.6. The van der Waals surface area contributed by atoms with Gasteiger partial charge >= 0.3 is 5.97 Å². The third-order valence-electron chi connectivity index (χ3n) is 2.42. The van der Waals surface area contributed by atoms with Gasteiger partial charge in [0.2, 0.25) is 0 Å². The molecule has 2 rings (SSSR count). The molecule has 0 atom stereocenters. The van der Waals surface area contributed by atoms with Gasteiger partial charge in [0, 0.05) is 6.07 Å². The first kappa shape index (κ1) is 14.7. The van der Waals surface area contributed by atoms with Gasteiger partial charge in [0.1, 0.15) is 21.0 Å². The number of nitrogens with one attached hydrogen (secondary N) is 1. The number of methoxy groups -OCH3 is 1. The Hall–Kier alpha value is -1.73. The zero-order valence-corrected chi connectivity index (χ0v) is 11.8. The van der Waals surface area contributed by atoms with Gasteiger partial charge in [-0.3, -0.25) is 0 Å². The molecule has 20 heavy (non-hydrogen) atoms. The van der Waals surface area contributed by atoms with E-state index in [1.165, 1.54) is 17.5 Å². The van der Waals surface area contributed by atoms with Crippen molar-refractivity contribution in [3.8, 4) is 0 Å². The molecule has 2 aromatic rings. The van der Waals surface area contributed by atoms with Gasteiger partial charge in [-0.25, -0.2) is 18.6 Å². The smallest absolute Gasteiger partial charge is 0.340 e. The third kappa shape index (κ3) is 3.23. The largest absolute Gasteiger partial charge is 0.465 e. The van der Waals surface area contributed by atoms with Gasteiger partial charge in [-0.05, 0) is 6.07 Å². The molecule has 0 amide bonds. The number of benzene rings is 1. The van der Waals surface area contributed by atoms with E-state index >= 15 is 0 Å². The summed E-state index contributed by atoms with van der Waals surface area (Å²) in [6.45, 7) is 0.209. The number of carbonyl (C=O) groups is 1. The average Bonchev–Trinajstić information content (AvgIpc) is 2.83. The first-order valence-corrected chi connectivity index (χ1v) is 6.62. The highest BCUT2D eigenvalue weighted by Gasteiger charge is 2.16. The molecule has 106 valence electrons. The lowest BCUT2D eigenvalue weighted by Gasteiger charge is -2.08. The molecule has 0 saturated carbocycles. The molecular formula is C12H9ClF2N2O2S. The van der Waals surface area contributed by atoms with Crippen LogP contribution in [0.15, 0.2) is 18.3 Å². The van der Waals surface area contributed by atoms with Crippen molar-refractivity contribution in [2.24, 2.45) is 0 Å². The standard InChI is InChI=1S/C12H9ClF2N2O2S/c1-19-12(18)6-2-9(8(15)3-7(6)14)16-5-11-17-4-10(13)20-11/h2-4,16H,5H2,1H3. The van der Waals surface area contributed by atoms with Crippen molar-refractivity contribution < 1.29 is 18.3 Å². The van der Waals surface area contributed by atoms with Gasteiger partial charge in [0.05, 0.1) is 31.1 Å². The van der Waals surface area contributed by atoms with Crippen molar-refractivity contribution in [3.63, 3.8) is 0 Å². The zero-order chi connectivity index (χ0) is 14.7. The fourth-order valence-electron chi connectivity index (χ4n) is 1.49. The summed E-state index contributed by atoms with van der Waals surface area (Å²) in [6, 6.07) is 1.69. The fourth-order valence-corrected chi connectivity index (χ4v) is 2.39. The Labute approximate surface area is 122 Å². The summed E-state index contributed by atoms with van der Waals surface area (Å²) in [4.78, 5) is 15.3. The first-order valence-electron chi connectivity index (χ1n) is 5.42. The van der Waals surface area contributed by atoms with Crippen LogP contribution in [-0.2, 0) is 11.3 Å². The maximum Gasteiger partial charge on any atom is 0.340 e. The second kappa shape index (κ2) is 6.15. The Kier molecular flexibility index (Phi) is 4.51. The third-order valence-corrected chi connectivity index (χ3v) is 3.53. The van der Waals surface area contributed by atoms with Crippen LogP contribution in [-0.4, -0.2) is 18.1 Å². The maximum atomic E-state index is 13.6. The van der Waals surface area contributed by atoms with E-state index in [-0.39, 0.29) is 17.8 Å². The van der Waals surface area contributed by atoms with E-state index in [4.69, 9.17) is 11.6 Å². The molecule has 4 nitrogen and oxygen atoms in total. The second-order valence-electron chi connectivity index (χ2n) is 3.72. The minimum Gasteiger partial charge on any atom is -0.465 e. The summed E-state index contributed by atoms with van der Waals surface area (Å²) in [5, 5.41) is 3.37. The predicted octanol–water partition coefficient (Wildman–Crippen LogP) is 3.47. The van der Waals surface area contributed by atoms with Crippen LogP contribution in [0.3, 0.4) is 0 Å². The normalized spacial score (nSPS) is 10.4. The molecule has 0 unspecified atom stereocenters. The van der Waals surface area contributed by atoms with E-state index in [9.17, 15) is 13.6 Å². The van der Waals surface area contributed by atoms with Crippen LogP contribution in [0.5, 0.6) is 0 Å². The van der Waals surface area contributed by atoms with Crippen molar-refractivity contribution in [3.05, 3.63) is 44.9 Å². The Morgan fingerprint density at radius 1 is 1.45 bits per heavy atom. The fraction of sp³-hybridized carbons (Fsp3) is 0.167. The molecule has 0 aliphatic carbocycles. The zero-order valence-electron chi connectivity index (χ0n) is 10.2. The Bertz CT molecular complexity index is 648. The Morgan fingerprint density at radius 2 is 2.20 bits per heavy atom. The van der Waals surface area contributed by atoms with Crippen LogP contribution in [0, 0.1) is 11.6 Å².